The molecule has 22 heavy (non-hydrogen) atoms. The number of ether oxygens (including phenoxy) is 2. The van der Waals surface area contributed by atoms with Gasteiger partial charge in [0, 0.05) is 13.0 Å². The van der Waals surface area contributed by atoms with Crippen LogP contribution >= 0.6 is 0 Å². The number of methoxy groups -OCH3 is 1. The average Bonchev–Trinajstić information content (AvgIpc) is 2.79. The van der Waals surface area contributed by atoms with Crippen LogP contribution in [0.3, 0.4) is 0 Å². The van der Waals surface area contributed by atoms with Crippen molar-refractivity contribution >= 4 is 11.9 Å². The van der Waals surface area contributed by atoms with E-state index in [4.69, 9.17) is 9.47 Å². The predicted octanol–water partition coefficient (Wildman–Crippen LogP) is 1.84. The Morgan fingerprint density at radius 1 is 1.18 bits per heavy atom. The number of hydrogen-bond acceptors (Lipinski definition) is 4. The van der Waals surface area contributed by atoms with Gasteiger partial charge in [-0.2, -0.15) is 0 Å². The Balaban J connectivity index is 1.86. The molecule has 6 heteroatoms. The van der Waals surface area contributed by atoms with Crippen LogP contribution < -0.4 is 15.4 Å². The van der Waals surface area contributed by atoms with E-state index >= 15 is 0 Å². The van der Waals surface area contributed by atoms with Crippen molar-refractivity contribution in [3.05, 3.63) is 29.8 Å². The molecule has 1 aromatic rings. The molecule has 2 rings (SSSR count). The van der Waals surface area contributed by atoms with Crippen LogP contribution in [-0.4, -0.2) is 31.2 Å². The third-order valence-electron chi connectivity index (χ3n) is 4.02. The van der Waals surface area contributed by atoms with E-state index in [0.29, 0.717) is 19.6 Å². The van der Waals surface area contributed by atoms with Crippen molar-refractivity contribution in [2.75, 3.05) is 13.7 Å². The van der Waals surface area contributed by atoms with Gasteiger partial charge in [0.1, 0.15) is 11.3 Å². The van der Waals surface area contributed by atoms with Gasteiger partial charge < -0.3 is 14.8 Å². The van der Waals surface area contributed by atoms with Gasteiger partial charge in [-0.3, -0.25) is 10.1 Å². The van der Waals surface area contributed by atoms with Crippen LogP contribution in [0.15, 0.2) is 24.3 Å². The van der Waals surface area contributed by atoms with Crippen molar-refractivity contribution < 1.29 is 19.1 Å². The van der Waals surface area contributed by atoms with Crippen LogP contribution in [-0.2, 0) is 16.1 Å². The summed E-state index contributed by atoms with van der Waals surface area (Å²) in [6, 6.07) is 7.17. The molecule has 6 nitrogen and oxygen atoms in total. The van der Waals surface area contributed by atoms with Crippen molar-refractivity contribution in [1.82, 2.24) is 10.6 Å². The molecule has 1 saturated heterocycles. The monoisotopic (exact) mass is 306 g/mol. The van der Waals surface area contributed by atoms with E-state index in [-0.39, 0.29) is 11.8 Å². The van der Waals surface area contributed by atoms with Crippen LogP contribution in [0.5, 0.6) is 5.75 Å². The zero-order valence-electron chi connectivity index (χ0n) is 13.1. The van der Waals surface area contributed by atoms with Gasteiger partial charge in [0.05, 0.1) is 13.7 Å². The minimum absolute atomic E-state index is 0.0106. The molecule has 0 bridgehead atoms. The third-order valence-corrected chi connectivity index (χ3v) is 4.02. The molecule has 0 saturated carbocycles. The summed E-state index contributed by atoms with van der Waals surface area (Å²) in [6.45, 7) is 4.66. The second kappa shape index (κ2) is 6.79. The normalized spacial score (nSPS) is 20.9. The molecule has 0 unspecified atom stereocenters. The third kappa shape index (κ3) is 3.39. The molecule has 0 spiro atoms. The number of benzene rings is 1. The summed E-state index contributed by atoms with van der Waals surface area (Å²) in [5, 5.41) is 5.04. The number of amides is 3. The number of nitrogens with one attached hydrogen (secondary N) is 2. The van der Waals surface area contributed by atoms with Gasteiger partial charge >= 0.3 is 6.03 Å². The van der Waals surface area contributed by atoms with E-state index < -0.39 is 11.6 Å². The highest BCUT2D eigenvalue weighted by Crippen LogP contribution is 2.25. The van der Waals surface area contributed by atoms with Crippen LogP contribution in [0, 0.1) is 5.92 Å². The highest BCUT2D eigenvalue weighted by atomic mass is 16.5. The molecular weight excluding hydrogens is 284 g/mol. The van der Waals surface area contributed by atoms with Crippen LogP contribution in [0.4, 0.5) is 4.79 Å². The highest BCUT2D eigenvalue weighted by molar-refractivity contribution is 6.07. The van der Waals surface area contributed by atoms with Crippen molar-refractivity contribution in [2.45, 2.75) is 32.4 Å². The number of carbonyl (C=O) groups excluding carboxylic acids is 2. The van der Waals surface area contributed by atoms with E-state index in [9.17, 15) is 9.59 Å². The lowest BCUT2D eigenvalue weighted by atomic mass is 9.84. The van der Waals surface area contributed by atoms with Crippen LogP contribution in [0.2, 0.25) is 0 Å². The van der Waals surface area contributed by atoms with Crippen LogP contribution in [0.1, 0.15) is 25.8 Å². The minimum Gasteiger partial charge on any atom is -0.497 e. The second-order valence-electron chi connectivity index (χ2n) is 5.68. The number of carbonyl (C=O) groups is 2. The summed E-state index contributed by atoms with van der Waals surface area (Å²) in [5.41, 5.74) is 0.149. The smallest absolute Gasteiger partial charge is 0.322 e. The van der Waals surface area contributed by atoms with E-state index in [2.05, 4.69) is 10.6 Å². The Bertz CT molecular complexity index is 542. The zero-order chi connectivity index (χ0) is 16.2. The molecule has 1 fully saturated rings. The quantitative estimate of drug-likeness (QED) is 0.595. The maximum Gasteiger partial charge on any atom is 0.322 e. The minimum atomic E-state index is -0.878. The molecule has 1 atom stereocenters. The fraction of sp³-hybridized carbons (Fsp3) is 0.500. The number of imide groups is 1. The zero-order valence-corrected chi connectivity index (χ0v) is 13.1. The summed E-state index contributed by atoms with van der Waals surface area (Å²) in [5.74, 6) is 0.511. The highest BCUT2D eigenvalue weighted by Gasteiger charge is 2.48. The van der Waals surface area contributed by atoms with Gasteiger partial charge in [-0.25, -0.2) is 4.79 Å². The summed E-state index contributed by atoms with van der Waals surface area (Å²) in [4.78, 5) is 23.4. The first-order valence-electron chi connectivity index (χ1n) is 7.32. The summed E-state index contributed by atoms with van der Waals surface area (Å²) >= 11 is 0. The molecule has 1 heterocycles. The SMILES string of the molecule is COc1ccc(COCC[C@@]2(C(C)C)NC(=O)NC2=O)cc1. The lowest BCUT2D eigenvalue weighted by Crippen LogP contribution is -2.52. The van der Waals surface area contributed by atoms with Crippen molar-refractivity contribution in [3.8, 4) is 5.75 Å². The Morgan fingerprint density at radius 3 is 2.36 bits per heavy atom. The fourth-order valence-corrected chi connectivity index (χ4v) is 2.52. The van der Waals surface area contributed by atoms with Gasteiger partial charge in [0.15, 0.2) is 0 Å². The number of hydrogen-bond donors (Lipinski definition) is 2. The first kappa shape index (κ1) is 16.3. The van der Waals surface area contributed by atoms with E-state index in [1.54, 1.807) is 7.11 Å². The lowest BCUT2D eigenvalue weighted by Gasteiger charge is -2.30. The van der Waals surface area contributed by atoms with Gasteiger partial charge in [-0.05, 0) is 23.6 Å². The standard InChI is InChI=1S/C16H22N2O4/c1-11(2)16(14(19)17-15(20)18-16)8-9-22-10-12-4-6-13(21-3)7-5-12/h4-7,11H,8-10H2,1-3H3,(H2,17,18,19,20)/t16-/m0/s1. The Kier molecular flexibility index (Phi) is 5.03. The van der Waals surface area contributed by atoms with Gasteiger partial charge in [0.25, 0.3) is 5.91 Å². The van der Waals surface area contributed by atoms with Gasteiger partial charge in [-0.15, -0.1) is 0 Å². The topological polar surface area (TPSA) is 76.7 Å². The van der Waals surface area contributed by atoms with Gasteiger partial charge in [-0.1, -0.05) is 26.0 Å². The summed E-state index contributed by atoms with van der Waals surface area (Å²) < 4.78 is 10.7. The van der Waals surface area contributed by atoms with E-state index in [0.717, 1.165) is 11.3 Å². The largest absolute Gasteiger partial charge is 0.497 e. The molecule has 3 amide bonds. The molecule has 0 aliphatic carbocycles. The van der Waals surface area contributed by atoms with Crippen molar-refractivity contribution in [1.29, 1.82) is 0 Å². The number of urea groups is 1. The Morgan fingerprint density at radius 2 is 1.86 bits per heavy atom. The second-order valence-corrected chi connectivity index (χ2v) is 5.68. The average molecular weight is 306 g/mol. The maximum atomic E-state index is 12.0. The summed E-state index contributed by atoms with van der Waals surface area (Å²) in [6.07, 6.45) is 0.443. The maximum absolute atomic E-state index is 12.0. The molecule has 0 aromatic heterocycles. The molecular formula is C16H22N2O4. The van der Waals surface area contributed by atoms with E-state index in [1.807, 2.05) is 38.1 Å². The van der Waals surface area contributed by atoms with Crippen LogP contribution in [0.25, 0.3) is 0 Å². The molecule has 0 radical (unpaired) electrons. The van der Waals surface area contributed by atoms with E-state index in [1.165, 1.54) is 0 Å². The fourth-order valence-electron chi connectivity index (χ4n) is 2.52. The first-order valence-corrected chi connectivity index (χ1v) is 7.32. The van der Waals surface area contributed by atoms with Crippen molar-refractivity contribution in [2.24, 2.45) is 5.92 Å². The molecule has 1 aromatic carbocycles. The molecule has 1 aliphatic rings. The van der Waals surface area contributed by atoms with Gasteiger partial charge in [0.2, 0.25) is 0 Å². The molecule has 1 aliphatic heterocycles. The van der Waals surface area contributed by atoms with Crippen molar-refractivity contribution in [3.63, 3.8) is 0 Å². The Labute approximate surface area is 130 Å². The predicted molar refractivity (Wildman–Crippen MR) is 81.5 cm³/mol. The Hall–Kier alpha value is -2.08. The molecule has 2 N–H and O–H groups in total. The lowest BCUT2D eigenvalue weighted by molar-refractivity contribution is -0.126. The number of rotatable bonds is 7. The summed E-state index contributed by atoms with van der Waals surface area (Å²) in [7, 11) is 1.62. The first-order chi connectivity index (χ1) is 10.5. The molecule has 120 valence electrons.